The van der Waals surface area contributed by atoms with Gasteiger partial charge in [0.25, 0.3) is 5.91 Å². The van der Waals surface area contributed by atoms with Gasteiger partial charge in [0.1, 0.15) is 0 Å². The van der Waals surface area contributed by atoms with Gasteiger partial charge in [-0.2, -0.15) is 0 Å². The van der Waals surface area contributed by atoms with E-state index in [9.17, 15) is 9.59 Å². The molecule has 0 atom stereocenters. The molecule has 31 heavy (non-hydrogen) atoms. The molecule has 162 valence electrons. The molecule has 1 saturated heterocycles. The van der Waals surface area contributed by atoms with Crippen molar-refractivity contribution in [1.29, 1.82) is 0 Å². The van der Waals surface area contributed by atoms with Crippen molar-refractivity contribution in [3.05, 3.63) is 53.6 Å². The monoisotopic (exact) mass is 420 g/mol. The summed E-state index contributed by atoms with van der Waals surface area (Å²) >= 11 is 0. The van der Waals surface area contributed by atoms with Gasteiger partial charge in [-0.1, -0.05) is 11.8 Å². The van der Waals surface area contributed by atoms with Gasteiger partial charge in [-0.05, 0) is 69.2 Å². The molecule has 0 unspecified atom stereocenters. The molecule has 2 aromatic rings. The maximum Gasteiger partial charge on any atom is 0.252 e. The van der Waals surface area contributed by atoms with E-state index in [0.29, 0.717) is 36.7 Å². The fourth-order valence-electron chi connectivity index (χ4n) is 3.37. The van der Waals surface area contributed by atoms with E-state index >= 15 is 0 Å². The zero-order valence-corrected chi connectivity index (χ0v) is 18.1. The zero-order valence-electron chi connectivity index (χ0n) is 18.1. The lowest BCUT2D eigenvalue weighted by atomic mass is 10.1. The van der Waals surface area contributed by atoms with E-state index in [0.717, 1.165) is 30.6 Å². The molecule has 0 bridgehead atoms. The van der Waals surface area contributed by atoms with Crippen LogP contribution in [0, 0.1) is 11.8 Å². The highest BCUT2D eigenvalue weighted by atomic mass is 16.5. The van der Waals surface area contributed by atoms with Crippen molar-refractivity contribution in [3.8, 4) is 23.3 Å². The summed E-state index contributed by atoms with van der Waals surface area (Å²) in [6, 6.07) is 12.8. The van der Waals surface area contributed by atoms with Gasteiger partial charge in [-0.25, -0.2) is 0 Å². The molecule has 1 heterocycles. The van der Waals surface area contributed by atoms with Crippen LogP contribution in [0.15, 0.2) is 42.5 Å². The van der Waals surface area contributed by atoms with Crippen molar-refractivity contribution in [2.45, 2.75) is 33.1 Å². The topological polar surface area (TPSA) is 67.9 Å². The van der Waals surface area contributed by atoms with E-state index in [4.69, 9.17) is 9.47 Å². The van der Waals surface area contributed by atoms with Crippen LogP contribution in [-0.2, 0) is 4.79 Å². The Bertz CT molecular complexity index is 973. The Kier molecular flexibility index (Phi) is 7.94. The molecule has 6 heteroatoms. The lowest BCUT2D eigenvalue weighted by Crippen LogP contribution is -2.35. The SMILES string of the molecule is CCOc1ccc(C(=O)NCC#Cc2ccc(N3CCCCC3=O)cc2)cc1OCC. The van der Waals surface area contributed by atoms with E-state index < -0.39 is 0 Å². The second kappa shape index (κ2) is 11.1. The largest absolute Gasteiger partial charge is 0.490 e. The molecule has 3 rings (SSSR count). The lowest BCUT2D eigenvalue weighted by Gasteiger charge is -2.26. The van der Waals surface area contributed by atoms with Gasteiger partial charge in [0.15, 0.2) is 11.5 Å². The smallest absolute Gasteiger partial charge is 0.252 e. The minimum absolute atomic E-state index is 0.176. The fourth-order valence-corrected chi connectivity index (χ4v) is 3.37. The van der Waals surface area contributed by atoms with Crippen LogP contribution in [0.3, 0.4) is 0 Å². The molecule has 1 N–H and O–H groups in total. The van der Waals surface area contributed by atoms with Crippen LogP contribution < -0.4 is 19.7 Å². The van der Waals surface area contributed by atoms with Gasteiger partial charge in [0.2, 0.25) is 5.91 Å². The van der Waals surface area contributed by atoms with Gasteiger partial charge in [0.05, 0.1) is 19.8 Å². The predicted octanol–water partition coefficient (Wildman–Crippen LogP) is 3.78. The number of hydrogen-bond acceptors (Lipinski definition) is 4. The highest BCUT2D eigenvalue weighted by Gasteiger charge is 2.19. The number of amides is 2. The highest BCUT2D eigenvalue weighted by molar-refractivity contribution is 5.95. The summed E-state index contributed by atoms with van der Waals surface area (Å²) in [5, 5.41) is 2.80. The number of anilines is 1. The van der Waals surface area contributed by atoms with Crippen LogP contribution in [0.2, 0.25) is 0 Å². The third-order valence-corrected chi connectivity index (χ3v) is 4.88. The van der Waals surface area contributed by atoms with Crippen LogP contribution in [0.4, 0.5) is 5.69 Å². The molecule has 1 aliphatic rings. The second-order valence-corrected chi connectivity index (χ2v) is 7.06. The zero-order chi connectivity index (χ0) is 22.1. The first-order chi connectivity index (χ1) is 15.1. The van der Waals surface area contributed by atoms with E-state index in [1.165, 1.54) is 0 Å². The normalized spacial score (nSPS) is 13.2. The molecular formula is C25H28N2O4. The first kappa shape index (κ1) is 22.2. The number of rotatable bonds is 7. The number of ether oxygens (including phenoxy) is 2. The quantitative estimate of drug-likeness (QED) is 0.692. The number of carbonyl (C=O) groups is 2. The molecule has 2 amide bonds. The second-order valence-electron chi connectivity index (χ2n) is 7.06. The first-order valence-electron chi connectivity index (χ1n) is 10.7. The maximum absolute atomic E-state index is 12.4. The molecular weight excluding hydrogens is 392 g/mol. The van der Waals surface area contributed by atoms with Crippen LogP contribution in [-0.4, -0.2) is 38.1 Å². The van der Waals surface area contributed by atoms with Crippen molar-refractivity contribution in [3.63, 3.8) is 0 Å². The van der Waals surface area contributed by atoms with Crippen molar-refractivity contribution in [2.75, 3.05) is 31.2 Å². The van der Waals surface area contributed by atoms with E-state index in [-0.39, 0.29) is 18.4 Å². The Hall–Kier alpha value is -3.46. The number of nitrogens with one attached hydrogen (secondary N) is 1. The van der Waals surface area contributed by atoms with Gasteiger partial charge >= 0.3 is 0 Å². The third-order valence-electron chi connectivity index (χ3n) is 4.88. The summed E-state index contributed by atoms with van der Waals surface area (Å²) < 4.78 is 11.1. The van der Waals surface area contributed by atoms with Crippen LogP contribution in [0.5, 0.6) is 11.5 Å². The minimum atomic E-state index is -0.225. The molecule has 1 fully saturated rings. The van der Waals surface area contributed by atoms with Gasteiger partial charge < -0.3 is 19.7 Å². The average molecular weight is 421 g/mol. The Balaban J connectivity index is 1.56. The summed E-state index contributed by atoms with van der Waals surface area (Å²) in [6.07, 6.45) is 2.61. The Morgan fingerprint density at radius 1 is 1.03 bits per heavy atom. The maximum atomic E-state index is 12.4. The van der Waals surface area contributed by atoms with Crippen molar-refractivity contribution in [2.24, 2.45) is 0 Å². The third kappa shape index (κ3) is 6.02. The summed E-state index contributed by atoms with van der Waals surface area (Å²) in [4.78, 5) is 26.3. The van der Waals surface area contributed by atoms with E-state index in [2.05, 4.69) is 17.2 Å². The molecule has 0 saturated carbocycles. The van der Waals surface area contributed by atoms with Crippen molar-refractivity contribution < 1.29 is 19.1 Å². The first-order valence-corrected chi connectivity index (χ1v) is 10.7. The Morgan fingerprint density at radius 3 is 2.48 bits per heavy atom. The van der Waals surface area contributed by atoms with Gasteiger partial charge in [-0.3, -0.25) is 9.59 Å². The van der Waals surface area contributed by atoms with E-state index in [1.54, 1.807) is 18.2 Å². The average Bonchev–Trinajstić information content (AvgIpc) is 2.79. The summed E-state index contributed by atoms with van der Waals surface area (Å²) in [6.45, 7) is 5.79. The van der Waals surface area contributed by atoms with Gasteiger partial charge in [-0.15, -0.1) is 0 Å². The molecule has 2 aromatic carbocycles. The van der Waals surface area contributed by atoms with Gasteiger partial charge in [0, 0.05) is 29.8 Å². The molecule has 0 aromatic heterocycles. The molecule has 0 radical (unpaired) electrons. The number of benzene rings is 2. The van der Waals surface area contributed by atoms with Crippen LogP contribution in [0.25, 0.3) is 0 Å². The van der Waals surface area contributed by atoms with E-state index in [1.807, 2.05) is 43.0 Å². The van der Waals surface area contributed by atoms with Crippen molar-refractivity contribution >= 4 is 17.5 Å². The van der Waals surface area contributed by atoms with Crippen LogP contribution in [0.1, 0.15) is 49.0 Å². The minimum Gasteiger partial charge on any atom is -0.490 e. The number of carbonyl (C=O) groups excluding carboxylic acids is 2. The fraction of sp³-hybridized carbons (Fsp3) is 0.360. The lowest BCUT2D eigenvalue weighted by molar-refractivity contribution is -0.119. The molecule has 1 aliphatic heterocycles. The molecule has 0 spiro atoms. The van der Waals surface area contributed by atoms with Crippen molar-refractivity contribution in [1.82, 2.24) is 5.32 Å². The summed E-state index contributed by atoms with van der Waals surface area (Å²) in [7, 11) is 0. The molecule has 0 aliphatic carbocycles. The number of hydrogen-bond donors (Lipinski definition) is 1. The Labute approximate surface area is 183 Å². The summed E-state index contributed by atoms with van der Waals surface area (Å²) in [5.74, 6) is 7.12. The standard InChI is InChI=1S/C25H28N2O4/c1-3-30-22-15-12-20(18-23(22)31-4-2)25(29)26-16-7-8-19-10-13-21(14-11-19)27-17-6-5-9-24(27)28/h10-15,18H,3-6,9,16-17H2,1-2H3,(H,26,29). The van der Waals surface area contributed by atoms with Crippen LogP contribution >= 0.6 is 0 Å². The highest BCUT2D eigenvalue weighted by Crippen LogP contribution is 2.28. The Morgan fingerprint density at radius 2 is 1.77 bits per heavy atom. The predicted molar refractivity (Wildman–Crippen MR) is 121 cm³/mol. The molecule has 6 nitrogen and oxygen atoms in total. The summed E-state index contributed by atoms with van der Waals surface area (Å²) in [5.41, 5.74) is 2.23. The number of piperidine rings is 1. The number of nitrogens with zero attached hydrogens (tertiary/aromatic N) is 1.